The molecule has 0 bridgehead atoms. The SMILES string of the molecule is CC.Fc1cc(F)c(-c2ccccc2)cc1NSc1cc(Cl)cc(Br)c1. The fraction of sp³-hybridized carbons (Fsp3) is 0.100. The van der Waals surface area contributed by atoms with Gasteiger partial charge in [0.05, 0.1) is 5.69 Å². The summed E-state index contributed by atoms with van der Waals surface area (Å²) in [6.07, 6.45) is 0. The van der Waals surface area contributed by atoms with E-state index >= 15 is 0 Å². The fourth-order valence-corrected chi connectivity index (χ4v) is 4.00. The molecular weight excluding hydrogens is 440 g/mol. The molecule has 3 aromatic carbocycles. The molecular formula is C20H17BrClF2NS. The molecule has 136 valence electrons. The van der Waals surface area contributed by atoms with Crippen molar-refractivity contribution in [2.75, 3.05) is 4.72 Å². The molecule has 0 fully saturated rings. The van der Waals surface area contributed by atoms with Crippen LogP contribution in [-0.4, -0.2) is 0 Å². The molecule has 3 rings (SSSR count). The average Bonchev–Trinajstić information content (AvgIpc) is 2.63. The molecule has 0 saturated heterocycles. The van der Waals surface area contributed by atoms with Gasteiger partial charge in [0.25, 0.3) is 0 Å². The van der Waals surface area contributed by atoms with E-state index in [1.54, 1.807) is 24.3 Å². The Labute approximate surface area is 170 Å². The van der Waals surface area contributed by atoms with E-state index < -0.39 is 11.6 Å². The summed E-state index contributed by atoms with van der Waals surface area (Å²) in [5.41, 5.74) is 1.23. The van der Waals surface area contributed by atoms with Crippen LogP contribution in [0.2, 0.25) is 5.02 Å². The van der Waals surface area contributed by atoms with E-state index in [-0.39, 0.29) is 5.69 Å². The van der Waals surface area contributed by atoms with Gasteiger partial charge in [-0.1, -0.05) is 71.7 Å². The molecule has 3 aromatic rings. The lowest BCUT2D eigenvalue weighted by Gasteiger charge is -2.11. The highest BCUT2D eigenvalue weighted by molar-refractivity contribution is 9.10. The Hall–Kier alpha value is -1.56. The van der Waals surface area contributed by atoms with Gasteiger partial charge in [-0.25, -0.2) is 8.78 Å². The molecule has 0 aliphatic rings. The van der Waals surface area contributed by atoms with Crippen molar-refractivity contribution < 1.29 is 8.78 Å². The van der Waals surface area contributed by atoms with E-state index in [2.05, 4.69) is 20.7 Å². The maximum absolute atomic E-state index is 14.1. The third kappa shape index (κ3) is 5.47. The normalized spacial score (nSPS) is 10.1. The van der Waals surface area contributed by atoms with Crippen LogP contribution in [0.15, 0.2) is 70.0 Å². The standard InChI is InChI=1S/C18H11BrClF2NS.C2H6/c19-12-6-13(20)8-14(7-12)24-23-18-9-15(16(21)10-17(18)22)11-4-2-1-3-5-11;1-2/h1-10,23H;1-2H3. The molecule has 0 aliphatic heterocycles. The van der Waals surface area contributed by atoms with Crippen molar-refractivity contribution in [3.05, 3.63) is 81.8 Å². The van der Waals surface area contributed by atoms with Crippen LogP contribution in [0.5, 0.6) is 0 Å². The van der Waals surface area contributed by atoms with Crippen molar-refractivity contribution in [1.29, 1.82) is 0 Å². The molecule has 0 atom stereocenters. The van der Waals surface area contributed by atoms with Gasteiger partial charge in [-0.3, -0.25) is 0 Å². The minimum Gasteiger partial charge on any atom is -0.323 e. The van der Waals surface area contributed by atoms with Gasteiger partial charge in [0, 0.05) is 26.0 Å². The lowest BCUT2D eigenvalue weighted by atomic mass is 10.0. The smallest absolute Gasteiger partial charge is 0.150 e. The Bertz CT molecular complexity index is 855. The summed E-state index contributed by atoms with van der Waals surface area (Å²) < 4.78 is 31.9. The number of nitrogens with one attached hydrogen (secondary N) is 1. The molecule has 1 nitrogen and oxygen atoms in total. The summed E-state index contributed by atoms with van der Waals surface area (Å²) in [6.45, 7) is 4.00. The molecule has 0 aliphatic carbocycles. The van der Waals surface area contributed by atoms with E-state index in [0.29, 0.717) is 16.1 Å². The Morgan fingerprint density at radius 1 is 0.923 bits per heavy atom. The van der Waals surface area contributed by atoms with Gasteiger partial charge in [-0.15, -0.1) is 0 Å². The zero-order chi connectivity index (χ0) is 19.1. The van der Waals surface area contributed by atoms with Crippen LogP contribution < -0.4 is 4.72 Å². The molecule has 0 saturated carbocycles. The Balaban J connectivity index is 0.00000117. The first kappa shape index (κ1) is 20.7. The summed E-state index contributed by atoms with van der Waals surface area (Å²) in [7, 11) is 0. The van der Waals surface area contributed by atoms with Crippen LogP contribution in [0.4, 0.5) is 14.5 Å². The molecule has 0 aromatic heterocycles. The molecule has 0 unspecified atom stereocenters. The Morgan fingerprint density at radius 3 is 2.27 bits per heavy atom. The van der Waals surface area contributed by atoms with Gasteiger partial charge >= 0.3 is 0 Å². The summed E-state index contributed by atoms with van der Waals surface area (Å²) in [5.74, 6) is -1.25. The molecule has 26 heavy (non-hydrogen) atoms. The van der Waals surface area contributed by atoms with Gasteiger partial charge in [-0.05, 0) is 41.8 Å². The number of hydrogen-bond donors (Lipinski definition) is 1. The molecule has 0 radical (unpaired) electrons. The fourth-order valence-electron chi connectivity index (χ4n) is 2.17. The first-order valence-electron chi connectivity index (χ1n) is 7.96. The third-order valence-electron chi connectivity index (χ3n) is 3.26. The van der Waals surface area contributed by atoms with Gasteiger partial charge in [-0.2, -0.15) is 0 Å². The number of rotatable bonds is 4. The second-order valence-corrected chi connectivity index (χ2v) is 7.22. The minimum absolute atomic E-state index is 0.205. The average molecular weight is 457 g/mol. The van der Waals surface area contributed by atoms with Crippen molar-refractivity contribution in [3.8, 4) is 11.1 Å². The number of benzene rings is 3. The summed E-state index contributed by atoms with van der Waals surface area (Å²) in [5, 5.41) is 0.568. The van der Waals surface area contributed by atoms with E-state index in [1.807, 2.05) is 38.1 Å². The summed E-state index contributed by atoms with van der Waals surface area (Å²) in [4.78, 5) is 0.805. The second kappa shape index (κ2) is 9.95. The van der Waals surface area contributed by atoms with Gasteiger partial charge < -0.3 is 4.72 Å². The maximum atomic E-state index is 14.1. The topological polar surface area (TPSA) is 12.0 Å². The molecule has 1 N–H and O–H groups in total. The first-order valence-corrected chi connectivity index (χ1v) is 9.95. The predicted molar refractivity (Wildman–Crippen MR) is 112 cm³/mol. The van der Waals surface area contributed by atoms with Crippen LogP contribution in [0.3, 0.4) is 0 Å². The van der Waals surface area contributed by atoms with Crippen molar-refractivity contribution >= 4 is 45.2 Å². The zero-order valence-corrected chi connectivity index (χ0v) is 17.4. The van der Waals surface area contributed by atoms with E-state index in [0.717, 1.165) is 15.4 Å². The quantitative estimate of drug-likeness (QED) is 0.397. The number of anilines is 1. The van der Waals surface area contributed by atoms with Crippen molar-refractivity contribution in [2.24, 2.45) is 0 Å². The lowest BCUT2D eigenvalue weighted by Crippen LogP contribution is -1.95. The Morgan fingerprint density at radius 2 is 1.62 bits per heavy atom. The largest absolute Gasteiger partial charge is 0.323 e. The van der Waals surface area contributed by atoms with Gasteiger partial charge in [0.1, 0.15) is 11.6 Å². The Kier molecular flexibility index (Phi) is 7.94. The van der Waals surface area contributed by atoms with Crippen molar-refractivity contribution in [1.82, 2.24) is 0 Å². The van der Waals surface area contributed by atoms with E-state index in [9.17, 15) is 8.78 Å². The van der Waals surface area contributed by atoms with Crippen LogP contribution in [-0.2, 0) is 0 Å². The van der Waals surface area contributed by atoms with Crippen LogP contribution in [0.25, 0.3) is 11.1 Å². The van der Waals surface area contributed by atoms with Gasteiger partial charge in [0.2, 0.25) is 0 Å². The molecule has 0 heterocycles. The maximum Gasteiger partial charge on any atom is 0.150 e. The monoisotopic (exact) mass is 455 g/mol. The van der Waals surface area contributed by atoms with Crippen molar-refractivity contribution in [3.63, 3.8) is 0 Å². The molecule has 6 heteroatoms. The highest BCUT2D eigenvalue weighted by Gasteiger charge is 2.12. The second-order valence-electron chi connectivity index (χ2n) is 4.99. The van der Waals surface area contributed by atoms with E-state index in [4.69, 9.17) is 11.6 Å². The number of hydrogen-bond acceptors (Lipinski definition) is 2. The highest BCUT2D eigenvalue weighted by atomic mass is 79.9. The summed E-state index contributed by atoms with van der Waals surface area (Å²) >= 11 is 10.5. The highest BCUT2D eigenvalue weighted by Crippen LogP contribution is 2.32. The van der Waals surface area contributed by atoms with Crippen LogP contribution >= 0.6 is 39.5 Å². The van der Waals surface area contributed by atoms with Crippen LogP contribution in [0.1, 0.15) is 13.8 Å². The minimum atomic E-state index is -0.652. The van der Waals surface area contributed by atoms with Crippen molar-refractivity contribution in [2.45, 2.75) is 18.7 Å². The number of halogens is 4. The lowest BCUT2D eigenvalue weighted by molar-refractivity contribution is 0.588. The third-order valence-corrected chi connectivity index (χ3v) is 4.73. The van der Waals surface area contributed by atoms with E-state index in [1.165, 1.54) is 18.0 Å². The first-order chi connectivity index (χ1) is 12.5. The van der Waals surface area contributed by atoms with Crippen LogP contribution in [0, 0.1) is 11.6 Å². The summed E-state index contributed by atoms with van der Waals surface area (Å²) in [6, 6.07) is 16.7. The predicted octanol–water partition coefficient (Wildman–Crippen LogP) is 8.19. The molecule has 0 amide bonds. The van der Waals surface area contributed by atoms with Gasteiger partial charge in [0.15, 0.2) is 0 Å². The zero-order valence-electron chi connectivity index (χ0n) is 14.2. The molecule has 0 spiro atoms.